The highest BCUT2D eigenvalue weighted by Gasteiger charge is 2.09. The van der Waals surface area contributed by atoms with E-state index in [2.05, 4.69) is 19.6 Å². The first-order valence-electron chi connectivity index (χ1n) is 3.03. The Hall–Kier alpha value is -2.16. The Bertz CT molecular complexity index is 411. The van der Waals surface area contributed by atoms with Crippen LogP contribution in [0.1, 0.15) is 5.89 Å². The zero-order valence-corrected chi connectivity index (χ0v) is 5.76. The van der Waals surface area contributed by atoms with E-state index in [-0.39, 0.29) is 11.7 Å². The van der Waals surface area contributed by atoms with Crippen molar-refractivity contribution >= 4 is 0 Å². The molecule has 0 aliphatic rings. The minimum atomic E-state index is -0.0959. The molecular weight excluding hydrogens is 160 g/mol. The van der Waals surface area contributed by atoms with E-state index in [1.807, 2.05) is 0 Å². The van der Waals surface area contributed by atoms with Gasteiger partial charge in [0.15, 0.2) is 18.2 Å². The van der Waals surface area contributed by atoms with E-state index in [0.717, 1.165) is 0 Å². The van der Waals surface area contributed by atoms with Gasteiger partial charge in [-0.1, -0.05) is 5.16 Å². The summed E-state index contributed by atoms with van der Waals surface area (Å²) in [6, 6.07) is 1.71. The third-order valence-electron chi connectivity index (χ3n) is 1.17. The molecule has 6 heteroatoms. The molecule has 0 saturated carbocycles. The van der Waals surface area contributed by atoms with E-state index in [1.165, 1.54) is 12.6 Å². The minimum absolute atomic E-state index is 0.0959. The zero-order chi connectivity index (χ0) is 8.39. The second-order valence-electron chi connectivity index (χ2n) is 1.90. The van der Waals surface area contributed by atoms with Crippen molar-refractivity contribution in [2.45, 2.75) is 0 Å². The second kappa shape index (κ2) is 2.47. The Morgan fingerprint density at radius 2 is 2.42 bits per heavy atom. The molecule has 58 valence electrons. The van der Waals surface area contributed by atoms with Gasteiger partial charge in [-0.3, -0.25) is 0 Å². The molecule has 0 aliphatic heterocycles. The average Bonchev–Trinajstić information content (AvgIpc) is 2.75. The standard InChI is InChI=1S/C6H2N4O2/c7-1-5-9-6(10-12-5)4-2-8-3-11-4/h2-3H. The van der Waals surface area contributed by atoms with Crippen LogP contribution in [0.3, 0.4) is 0 Å². The first kappa shape index (κ1) is 6.54. The Labute approximate surface area is 66.4 Å². The SMILES string of the molecule is N#Cc1nc(-c2cnco2)no1. The van der Waals surface area contributed by atoms with Gasteiger partial charge >= 0.3 is 5.89 Å². The molecule has 0 amide bonds. The minimum Gasteiger partial charge on any atom is -0.440 e. The highest BCUT2D eigenvalue weighted by atomic mass is 16.5. The van der Waals surface area contributed by atoms with Gasteiger partial charge in [-0.05, 0) is 0 Å². The van der Waals surface area contributed by atoms with Crippen LogP contribution in [0.25, 0.3) is 11.6 Å². The number of oxazole rings is 1. The van der Waals surface area contributed by atoms with Crippen molar-refractivity contribution in [1.82, 2.24) is 15.1 Å². The number of hydrogen-bond donors (Lipinski definition) is 0. The van der Waals surface area contributed by atoms with Crippen LogP contribution in [-0.4, -0.2) is 15.1 Å². The first-order valence-corrected chi connectivity index (χ1v) is 3.03. The molecule has 0 radical (unpaired) electrons. The third kappa shape index (κ3) is 0.932. The van der Waals surface area contributed by atoms with Crippen molar-refractivity contribution in [2.75, 3.05) is 0 Å². The van der Waals surface area contributed by atoms with Crippen LogP contribution in [0.5, 0.6) is 0 Å². The predicted octanol–water partition coefficient (Wildman–Crippen LogP) is 0.596. The molecule has 6 nitrogen and oxygen atoms in total. The summed E-state index contributed by atoms with van der Waals surface area (Å²) in [7, 11) is 0. The van der Waals surface area contributed by atoms with Crippen LogP contribution in [0.15, 0.2) is 21.5 Å². The fraction of sp³-hybridized carbons (Fsp3) is 0. The molecule has 12 heavy (non-hydrogen) atoms. The summed E-state index contributed by atoms with van der Waals surface area (Å²) >= 11 is 0. The number of rotatable bonds is 1. The van der Waals surface area contributed by atoms with Gasteiger partial charge in [0, 0.05) is 0 Å². The maximum absolute atomic E-state index is 8.36. The average molecular weight is 162 g/mol. The Morgan fingerprint density at radius 1 is 1.50 bits per heavy atom. The van der Waals surface area contributed by atoms with Crippen LogP contribution in [0.4, 0.5) is 0 Å². The van der Waals surface area contributed by atoms with Gasteiger partial charge in [0.1, 0.15) is 0 Å². The summed E-state index contributed by atoms with van der Waals surface area (Å²) in [5.41, 5.74) is 0. The van der Waals surface area contributed by atoms with E-state index >= 15 is 0 Å². The summed E-state index contributed by atoms with van der Waals surface area (Å²) in [4.78, 5) is 7.36. The summed E-state index contributed by atoms with van der Waals surface area (Å²) in [6.07, 6.45) is 2.68. The van der Waals surface area contributed by atoms with Crippen molar-refractivity contribution in [3.8, 4) is 17.7 Å². The molecule has 2 aromatic rings. The lowest BCUT2D eigenvalue weighted by atomic mass is 10.5. The molecule has 0 fully saturated rings. The van der Waals surface area contributed by atoms with Crippen molar-refractivity contribution in [3.63, 3.8) is 0 Å². The van der Waals surface area contributed by atoms with E-state index in [0.29, 0.717) is 5.76 Å². The lowest BCUT2D eigenvalue weighted by molar-refractivity contribution is 0.406. The number of nitriles is 1. The highest BCUT2D eigenvalue weighted by Crippen LogP contribution is 2.13. The lowest BCUT2D eigenvalue weighted by Crippen LogP contribution is -1.76. The molecule has 0 spiro atoms. The highest BCUT2D eigenvalue weighted by molar-refractivity contribution is 5.43. The summed E-state index contributed by atoms with van der Waals surface area (Å²) in [6.45, 7) is 0. The smallest absolute Gasteiger partial charge is 0.329 e. The molecule has 0 atom stereocenters. The van der Waals surface area contributed by atoms with Gasteiger partial charge in [0.05, 0.1) is 6.20 Å². The van der Waals surface area contributed by atoms with Gasteiger partial charge in [0.2, 0.25) is 5.82 Å². The Balaban J connectivity index is 2.44. The van der Waals surface area contributed by atoms with Crippen molar-refractivity contribution in [2.24, 2.45) is 0 Å². The van der Waals surface area contributed by atoms with Gasteiger partial charge in [-0.2, -0.15) is 10.2 Å². The molecular formula is C6H2N4O2. The van der Waals surface area contributed by atoms with E-state index < -0.39 is 0 Å². The summed E-state index contributed by atoms with van der Waals surface area (Å²) in [5.74, 6) is 0.505. The number of aromatic nitrogens is 3. The Kier molecular flexibility index (Phi) is 1.35. The molecule has 2 rings (SSSR count). The van der Waals surface area contributed by atoms with Crippen molar-refractivity contribution in [1.29, 1.82) is 5.26 Å². The van der Waals surface area contributed by atoms with Gasteiger partial charge in [-0.15, -0.1) is 0 Å². The molecule has 0 unspecified atom stereocenters. The number of hydrogen-bond acceptors (Lipinski definition) is 6. The van der Waals surface area contributed by atoms with Gasteiger partial charge in [0.25, 0.3) is 0 Å². The van der Waals surface area contributed by atoms with Gasteiger partial charge in [-0.25, -0.2) is 4.98 Å². The first-order chi connectivity index (χ1) is 5.90. The molecule has 2 aromatic heterocycles. The maximum Gasteiger partial charge on any atom is 0.329 e. The van der Waals surface area contributed by atoms with Crippen LogP contribution in [0, 0.1) is 11.3 Å². The monoisotopic (exact) mass is 162 g/mol. The molecule has 0 N–H and O–H groups in total. The maximum atomic E-state index is 8.36. The molecule has 0 bridgehead atoms. The number of nitrogens with zero attached hydrogens (tertiary/aromatic N) is 4. The van der Waals surface area contributed by atoms with Crippen molar-refractivity contribution in [3.05, 3.63) is 18.5 Å². The van der Waals surface area contributed by atoms with E-state index in [4.69, 9.17) is 9.68 Å². The van der Waals surface area contributed by atoms with E-state index in [1.54, 1.807) is 6.07 Å². The van der Waals surface area contributed by atoms with E-state index in [9.17, 15) is 0 Å². The third-order valence-corrected chi connectivity index (χ3v) is 1.17. The molecule has 2 heterocycles. The fourth-order valence-corrected chi connectivity index (χ4v) is 0.695. The second-order valence-corrected chi connectivity index (χ2v) is 1.90. The molecule has 0 aliphatic carbocycles. The summed E-state index contributed by atoms with van der Waals surface area (Å²) in [5, 5.41) is 11.8. The fourth-order valence-electron chi connectivity index (χ4n) is 0.695. The quantitative estimate of drug-likeness (QED) is 0.609. The molecule has 0 aromatic carbocycles. The molecule has 0 saturated heterocycles. The van der Waals surface area contributed by atoms with Crippen molar-refractivity contribution < 1.29 is 8.94 Å². The normalized spacial score (nSPS) is 9.58. The van der Waals surface area contributed by atoms with Crippen LogP contribution in [0.2, 0.25) is 0 Å². The van der Waals surface area contributed by atoms with Crippen LogP contribution < -0.4 is 0 Å². The lowest BCUT2D eigenvalue weighted by Gasteiger charge is -1.78. The summed E-state index contributed by atoms with van der Waals surface area (Å²) < 4.78 is 9.40. The largest absolute Gasteiger partial charge is 0.440 e. The Morgan fingerprint density at radius 3 is 3.00 bits per heavy atom. The topological polar surface area (TPSA) is 88.7 Å². The zero-order valence-electron chi connectivity index (χ0n) is 5.76. The predicted molar refractivity (Wildman–Crippen MR) is 34.5 cm³/mol. The van der Waals surface area contributed by atoms with Crippen LogP contribution >= 0.6 is 0 Å². The van der Waals surface area contributed by atoms with Crippen LogP contribution in [-0.2, 0) is 0 Å². The van der Waals surface area contributed by atoms with Gasteiger partial charge < -0.3 is 8.94 Å².